The summed E-state index contributed by atoms with van der Waals surface area (Å²) in [7, 11) is 1.56. The van der Waals surface area contributed by atoms with Crippen molar-refractivity contribution < 1.29 is 13.8 Å². The van der Waals surface area contributed by atoms with E-state index in [2.05, 4.69) is 28.4 Å². The molecule has 0 bridgehead atoms. The maximum Gasteiger partial charge on any atom is 0.273 e. The van der Waals surface area contributed by atoms with Crippen molar-refractivity contribution in [2.24, 2.45) is 5.41 Å². The molecule has 0 radical (unpaired) electrons. The van der Waals surface area contributed by atoms with Gasteiger partial charge in [-0.2, -0.15) is 10.4 Å². The van der Waals surface area contributed by atoms with E-state index in [-0.39, 0.29) is 5.91 Å². The lowest BCUT2D eigenvalue weighted by atomic mass is 9.87. The smallest absolute Gasteiger partial charge is 0.273 e. The largest absolute Gasteiger partial charge is 0.341 e. The zero-order valence-corrected chi connectivity index (χ0v) is 22.0. The van der Waals surface area contributed by atoms with Crippen molar-refractivity contribution in [3.05, 3.63) is 65.4 Å². The lowest BCUT2D eigenvalue weighted by Crippen LogP contribution is -2.45. The third-order valence-electron chi connectivity index (χ3n) is 6.05. The number of rotatable bonds is 5. The van der Waals surface area contributed by atoms with Gasteiger partial charge >= 0.3 is 0 Å². The minimum Gasteiger partial charge on any atom is -0.341 e. The van der Waals surface area contributed by atoms with Crippen molar-refractivity contribution in [2.75, 3.05) is 31.6 Å². The van der Waals surface area contributed by atoms with Crippen molar-refractivity contribution >= 4 is 33.9 Å². The molecular weight excluding hydrogens is 474 g/mol. The Hall–Kier alpha value is -3.35. The number of nitrogens with zero attached hydrogens (tertiary/aromatic N) is 4. The number of carbonyl (C=O) groups excluding carboxylic acids is 2. The molecule has 1 fully saturated rings. The van der Waals surface area contributed by atoms with E-state index in [1.54, 1.807) is 16.8 Å². The molecule has 8 nitrogen and oxygen atoms in total. The number of aromatic nitrogens is 2. The SMILES string of the molecule is CC(C)(C)C(C=O)NC(=O)c1nn(Cc2ccc(C#N)cc2)c2ccccc12.CN1CCS(=O)CC1. The molecule has 1 atom stereocenters. The van der Waals surface area contributed by atoms with Crippen molar-refractivity contribution in [2.45, 2.75) is 33.4 Å². The first-order chi connectivity index (χ1) is 17.1. The van der Waals surface area contributed by atoms with Crippen LogP contribution in [0.3, 0.4) is 0 Å². The molecule has 4 rings (SSSR count). The highest BCUT2D eigenvalue weighted by atomic mass is 32.2. The summed E-state index contributed by atoms with van der Waals surface area (Å²) in [5.74, 6) is 1.37. The van der Waals surface area contributed by atoms with E-state index in [1.165, 1.54) is 0 Å². The maximum absolute atomic E-state index is 12.8. The first kappa shape index (κ1) is 27.2. The normalized spacial score (nSPS) is 15.4. The minimum atomic E-state index is -0.609. The van der Waals surface area contributed by atoms with Gasteiger partial charge in [0.1, 0.15) is 6.29 Å². The van der Waals surface area contributed by atoms with Crippen LogP contribution in [0.25, 0.3) is 10.9 Å². The highest BCUT2D eigenvalue weighted by molar-refractivity contribution is 7.85. The van der Waals surface area contributed by atoms with Crippen LogP contribution in [0, 0.1) is 16.7 Å². The van der Waals surface area contributed by atoms with E-state index in [9.17, 15) is 13.8 Å². The second kappa shape index (κ2) is 12.1. The summed E-state index contributed by atoms with van der Waals surface area (Å²) in [6, 6.07) is 16.2. The van der Waals surface area contributed by atoms with Crippen molar-refractivity contribution in [3.8, 4) is 6.07 Å². The predicted octanol–water partition coefficient (Wildman–Crippen LogP) is 2.98. The van der Waals surface area contributed by atoms with Gasteiger partial charge in [0.2, 0.25) is 0 Å². The van der Waals surface area contributed by atoms with Crippen LogP contribution in [0.4, 0.5) is 0 Å². The predicted molar refractivity (Wildman–Crippen MR) is 142 cm³/mol. The fourth-order valence-corrected chi connectivity index (χ4v) is 4.90. The van der Waals surface area contributed by atoms with Gasteiger partial charge in [-0.1, -0.05) is 51.1 Å². The first-order valence-electron chi connectivity index (χ1n) is 11.9. The molecule has 1 aliphatic rings. The van der Waals surface area contributed by atoms with E-state index in [1.807, 2.05) is 57.2 Å². The van der Waals surface area contributed by atoms with Crippen LogP contribution in [-0.4, -0.2) is 68.8 Å². The van der Waals surface area contributed by atoms with E-state index in [0.29, 0.717) is 17.8 Å². The second-order valence-electron chi connectivity index (χ2n) is 9.94. The van der Waals surface area contributed by atoms with Crippen molar-refractivity contribution in [1.82, 2.24) is 20.0 Å². The van der Waals surface area contributed by atoms with E-state index < -0.39 is 22.3 Å². The highest BCUT2D eigenvalue weighted by Crippen LogP contribution is 2.22. The number of aldehydes is 1. The van der Waals surface area contributed by atoms with Gasteiger partial charge < -0.3 is 15.0 Å². The molecule has 190 valence electrons. The molecule has 0 saturated carbocycles. The van der Waals surface area contributed by atoms with Crippen LogP contribution >= 0.6 is 0 Å². The number of nitriles is 1. The number of para-hydroxylation sites is 1. The Kier molecular flexibility index (Phi) is 9.13. The Balaban J connectivity index is 0.000000383. The summed E-state index contributed by atoms with van der Waals surface area (Å²) in [5, 5.41) is 17.0. The van der Waals surface area contributed by atoms with E-state index in [4.69, 9.17) is 5.26 Å². The standard InChI is InChI=1S/C22H22N4O2.C5H11NOS/c1-22(2,3)19(14-27)24-21(28)20-17-6-4-5-7-18(17)26(25-20)13-16-10-8-15(12-23)9-11-16;1-6-2-4-8(7)5-3-6/h4-11,14,19H,13H2,1-3H3,(H,24,28);2-5H2,1H3. The fraction of sp³-hybridized carbons (Fsp3) is 0.407. The van der Waals surface area contributed by atoms with Gasteiger partial charge in [0.15, 0.2) is 5.69 Å². The molecule has 1 unspecified atom stereocenters. The van der Waals surface area contributed by atoms with Crippen LogP contribution in [0.2, 0.25) is 0 Å². The summed E-state index contributed by atoms with van der Waals surface area (Å²) in [5.41, 5.74) is 2.30. The minimum absolute atomic E-state index is 0.292. The maximum atomic E-state index is 12.8. The molecule has 0 spiro atoms. The number of hydrogen-bond donors (Lipinski definition) is 1. The quantitative estimate of drug-likeness (QED) is 0.532. The average Bonchev–Trinajstić information content (AvgIpc) is 3.23. The lowest BCUT2D eigenvalue weighted by molar-refractivity contribution is -0.111. The Morgan fingerprint density at radius 2 is 1.81 bits per heavy atom. The van der Waals surface area contributed by atoms with Gasteiger partial charge in [-0.05, 0) is 36.2 Å². The van der Waals surface area contributed by atoms with Gasteiger partial charge in [-0.25, -0.2) is 0 Å². The molecule has 2 heterocycles. The van der Waals surface area contributed by atoms with Gasteiger partial charge in [0.25, 0.3) is 5.91 Å². The molecule has 9 heteroatoms. The molecule has 3 aromatic rings. The number of nitrogens with one attached hydrogen (secondary N) is 1. The number of hydrogen-bond acceptors (Lipinski definition) is 6. The molecule has 1 amide bonds. The topological polar surface area (TPSA) is 108 Å². The van der Waals surface area contributed by atoms with E-state index >= 15 is 0 Å². The zero-order chi connectivity index (χ0) is 26.3. The summed E-state index contributed by atoms with van der Waals surface area (Å²) in [6.45, 7) is 8.17. The zero-order valence-electron chi connectivity index (χ0n) is 21.2. The van der Waals surface area contributed by atoms with Gasteiger partial charge in [-0.3, -0.25) is 13.7 Å². The van der Waals surface area contributed by atoms with Crippen LogP contribution < -0.4 is 5.32 Å². The Labute approximate surface area is 214 Å². The summed E-state index contributed by atoms with van der Waals surface area (Å²) in [6.07, 6.45) is 0.758. The van der Waals surface area contributed by atoms with Gasteiger partial charge in [0.05, 0.1) is 29.7 Å². The van der Waals surface area contributed by atoms with Crippen LogP contribution in [0.1, 0.15) is 42.4 Å². The number of fused-ring (bicyclic) bond motifs is 1. The fourth-order valence-electron chi connectivity index (χ4n) is 3.67. The molecule has 1 aliphatic heterocycles. The summed E-state index contributed by atoms with van der Waals surface area (Å²) < 4.78 is 12.5. The summed E-state index contributed by atoms with van der Waals surface area (Å²) >= 11 is 0. The lowest BCUT2D eigenvalue weighted by Gasteiger charge is -2.26. The Bertz CT molecular complexity index is 1260. The summed E-state index contributed by atoms with van der Waals surface area (Å²) in [4.78, 5) is 26.5. The molecule has 1 aromatic heterocycles. The van der Waals surface area contributed by atoms with Crippen LogP contribution in [-0.2, 0) is 22.1 Å². The molecule has 1 saturated heterocycles. The third-order valence-corrected chi connectivity index (χ3v) is 7.32. The number of carbonyl (C=O) groups is 2. The second-order valence-corrected chi connectivity index (χ2v) is 11.6. The van der Waals surface area contributed by atoms with Crippen molar-refractivity contribution in [3.63, 3.8) is 0 Å². The molecule has 0 aliphatic carbocycles. The van der Waals surface area contributed by atoms with E-state index in [0.717, 1.165) is 47.3 Å². The molecule has 36 heavy (non-hydrogen) atoms. The monoisotopic (exact) mass is 507 g/mol. The molecule has 2 aromatic carbocycles. The molecular formula is C27H33N5O3S. The Morgan fingerprint density at radius 1 is 1.17 bits per heavy atom. The average molecular weight is 508 g/mol. The number of amides is 1. The Morgan fingerprint density at radius 3 is 2.36 bits per heavy atom. The van der Waals surface area contributed by atoms with Crippen molar-refractivity contribution in [1.29, 1.82) is 5.26 Å². The highest BCUT2D eigenvalue weighted by Gasteiger charge is 2.28. The third kappa shape index (κ3) is 7.09. The molecule has 1 N–H and O–H groups in total. The number of benzene rings is 2. The van der Waals surface area contributed by atoms with Crippen LogP contribution in [0.5, 0.6) is 0 Å². The van der Waals surface area contributed by atoms with Crippen LogP contribution in [0.15, 0.2) is 48.5 Å². The first-order valence-corrected chi connectivity index (χ1v) is 13.4. The van der Waals surface area contributed by atoms with Gasteiger partial charge in [0, 0.05) is 40.8 Å². The van der Waals surface area contributed by atoms with Gasteiger partial charge in [-0.15, -0.1) is 0 Å².